The maximum absolute atomic E-state index is 13.6. The summed E-state index contributed by atoms with van der Waals surface area (Å²) in [6.45, 7) is 0. The summed E-state index contributed by atoms with van der Waals surface area (Å²) < 4.78 is 33.7. The van der Waals surface area contributed by atoms with Crippen LogP contribution in [-0.4, -0.2) is 30.7 Å². The monoisotopic (exact) mass is 448 g/mol. The molecule has 0 radical (unpaired) electrons. The quantitative estimate of drug-likeness (QED) is 0.500. The molecule has 0 amide bonds. The zero-order chi connectivity index (χ0) is 20.6. The van der Waals surface area contributed by atoms with Crippen molar-refractivity contribution in [3.05, 3.63) is 69.5 Å². The van der Waals surface area contributed by atoms with Crippen LogP contribution in [0.5, 0.6) is 5.75 Å². The highest BCUT2D eigenvalue weighted by atomic mass is 35.5. The van der Waals surface area contributed by atoms with Gasteiger partial charge in [-0.1, -0.05) is 17.7 Å². The van der Waals surface area contributed by atoms with Crippen LogP contribution >= 0.6 is 22.9 Å². The van der Waals surface area contributed by atoms with E-state index in [0.717, 1.165) is 15.6 Å². The van der Waals surface area contributed by atoms with Crippen molar-refractivity contribution in [2.75, 3.05) is 11.4 Å². The van der Waals surface area contributed by atoms with E-state index in [9.17, 15) is 13.2 Å². The minimum absolute atomic E-state index is 0.0843. The van der Waals surface area contributed by atoms with E-state index in [2.05, 4.69) is 15.2 Å². The highest BCUT2D eigenvalue weighted by Gasteiger charge is 2.31. The lowest BCUT2D eigenvalue weighted by molar-refractivity contribution is 0.416. The molecule has 148 valence electrons. The van der Waals surface area contributed by atoms with E-state index in [1.807, 2.05) is 0 Å². The fourth-order valence-corrected chi connectivity index (χ4v) is 5.33. The van der Waals surface area contributed by atoms with Gasteiger partial charge < -0.3 is 4.74 Å². The minimum atomic E-state index is -4.17. The molecule has 0 saturated heterocycles. The number of H-pyrrole nitrogens is 1. The van der Waals surface area contributed by atoms with Crippen molar-refractivity contribution in [2.45, 2.75) is 4.90 Å². The second kappa shape index (κ2) is 7.47. The van der Waals surface area contributed by atoms with Gasteiger partial charge in [-0.3, -0.25) is 4.79 Å². The third-order valence-corrected chi connectivity index (χ3v) is 6.94. The predicted molar refractivity (Wildman–Crippen MR) is 112 cm³/mol. The molecular weight excluding hydrogens is 436 g/mol. The fourth-order valence-electron chi connectivity index (χ4n) is 2.80. The summed E-state index contributed by atoms with van der Waals surface area (Å²) in [6, 6.07) is 8.90. The number of hydrogen-bond donors (Lipinski definition) is 1. The molecule has 0 unspecified atom stereocenters. The molecule has 0 aliphatic carbocycles. The Morgan fingerprint density at radius 2 is 2.03 bits per heavy atom. The zero-order valence-electron chi connectivity index (χ0n) is 14.9. The van der Waals surface area contributed by atoms with Crippen LogP contribution in [0, 0.1) is 0 Å². The number of rotatable bonds is 5. The van der Waals surface area contributed by atoms with Gasteiger partial charge in [0.2, 0.25) is 5.13 Å². The van der Waals surface area contributed by atoms with Gasteiger partial charge in [0.15, 0.2) is 0 Å². The lowest BCUT2D eigenvalue weighted by atomic mass is 10.2. The number of halogens is 1. The predicted octanol–water partition coefficient (Wildman–Crippen LogP) is 3.57. The van der Waals surface area contributed by atoms with Crippen molar-refractivity contribution >= 4 is 54.6 Å². The molecule has 0 bridgehead atoms. The highest BCUT2D eigenvalue weighted by molar-refractivity contribution is 7.93. The molecular formula is C18H13ClN4O4S2. The first-order chi connectivity index (χ1) is 13.9. The van der Waals surface area contributed by atoms with E-state index in [1.165, 1.54) is 43.8 Å². The van der Waals surface area contributed by atoms with Crippen molar-refractivity contribution < 1.29 is 13.2 Å². The summed E-state index contributed by atoms with van der Waals surface area (Å²) in [5.74, 6) is 0.302. The molecule has 8 nitrogen and oxygen atoms in total. The Balaban J connectivity index is 1.97. The van der Waals surface area contributed by atoms with Crippen LogP contribution in [0.25, 0.3) is 10.8 Å². The first kappa shape index (κ1) is 19.4. The molecule has 0 spiro atoms. The van der Waals surface area contributed by atoms with Crippen LogP contribution < -0.4 is 14.6 Å². The summed E-state index contributed by atoms with van der Waals surface area (Å²) >= 11 is 7.27. The fraction of sp³-hybridized carbons (Fsp3) is 0.0556. The van der Waals surface area contributed by atoms with E-state index in [4.69, 9.17) is 16.3 Å². The van der Waals surface area contributed by atoms with Gasteiger partial charge in [-0.2, -0.15) is 5.10 Å². The maximum atomic E-state index is 13.6. The van der Waals surface area contributed by atoms with Crippen LogP contribution in [0.3, 0.4) is 0 Å². The summed E-state index contributed by atoms with van der Waals surface area (Å²) in [6.07, 6.45) is 2.95. The van der Waals surface area contributed by atoms with Crippen LogP contribution in [0.15, 0.2) is 63.9 Å². The number of sulfonamides is 1. The van der Waals surface area contributed by atoms with Gasteiger partial charge in [0.25, 0.3) is 15.6 Å². The second-order valence-electron chi connectivity index (χ2n) is 5.85. The van der Waals surface area contributed by atoms with Crippen LogP contribution in [0.4, 0.5) is 10.8 Å². The first-order valence-electron chi connectivity index (χ1n) is 8.17. The first-order valence-corrected chi connectivity index (χ1v) is 10.9. The molecule has 4 rings (SSSR count). The summed E-state index contributed by atoms with van der Waals surface area (Å²) in [7, 11) is -2.73. The minimum Gasteiger partial charge on any atom is -0.495 e. The van der Waals surface area contributed by atoms with Gasteiger partial charge in [-0.15, -0.1) is 11.3 Å². The number of ether oxygens (including phenoxy) is 1. The Bertz CT molecular complexity index is 1350. The molecule has 2 aromatic carbocycles. The van der Waals surface area contributed by atoms with Gasteiger partial charge in [0, 0.05) is 22.0 Å². The number of nitrogens with one attached hydrogen (secondary N) is 1. The van der Waals surface area contributed by atoms with Gasteiger partial charge in [-0.05, 0) is 30.3 Å². The molecule has 2 aromatic heterocycles. The van der Waals surface area contributed by atoms with Gasteiger partial charge in [0.05, 0.1) is 23.6 Å². The van der Waals surface area contributed by atoms with Gasteiger partial charge in [0.1, 0.15) is 11.4 Å². The lowest BCUT2D eigenvalue weighted by Crippen LogP contribution is -2.27. The number of aromatic nitrogens is 3. The van der Waals surface area contributed by atoms with E-state index >= 15 is 0 Å². The van der Waals surface area contributed by atoms with E-state index in [1.54, 1.807) is 17.5 Å². The molecule has 11 heteroatoms. The normalized spacial score (nSPS) is 11.5. The highest BCUT2D eigenvalue weighted by Crippen LogP contribution is 2.40. The SMILES string of the molecule is COc1ccc(Cl)cc1N(c1nccs1)S(=O)(=O)c1ccc2cn[nH]c(=O)c2c1. The average molecular weight is 449 g/mol. The number of benzene rings is 2. The molecule has 0 aliphatic heterocycles. The summed E-state index contributed by atoms with van der Waals surface area (Å²) in [5, 5.41) is 8.95. The average Bonchev–Trinajstić information content (AvgIpc) is 3.22. The standard InChI is InChI=1S/C18H13ClN4O4S2/c1-27-16-5-3-12(19)8-15(16)23(18-20-6-7-28-18)29(25,26)13-4-2-11-10-21-22-17(24)14(11)9-13/h2-10H,1H3,(H,22,24). The van der Waals surface area contributed by atoms with Gasteiger partial charge in [-0.25, -0.2) is 22.8 Å². The van der Waals surface area contributed by atoms with Crippen LogP contribution in [-0.2, 0) is 10.0 Å². The largest absolute Gasteiger partial charge is 0.495 e. The second-order valence-corrected chi connectivity index (χ2v) is 8.94. The molecule has 29 heavy (non-hydrogen) atoms. The number of thiazole rings is 1. The van der Waals surface area contributed by atoms with Crippen molar-refractivity contribution in [1.82, 2.24) is 15.2 Å². The Morgan fingerprint density at radius 3 is 2.76 bits per heavy atom. The molecule has 4 aromatic rings. The van der Waals surface area contributed by atoms with Crippen molar-refractivity contribution in [2.24, 2.45) is 0 Å². The smallest absolute Gasteiger partial charge is 0.272 e. The van der Waals surface area contributed by atoms with Crippen molar-refractivity contribution in [3.63, 3.8) is 0 Å². The third-order valence-electron chi connectivity index (χ3n) is 4.13. The number of nitrogens with zero attached hydrogens (tertiary/aromatic N) is 3. The maximum Gasteiger partial charge on any atom is 0.272 e. The zero-order valence-corrected chi connectivity index (χ0v) is 17.3. The Hall–Kier alpha value is -2.95. The molecule has 1 N–H and O–H groups in total. The third kappa shape index (κ3) is 3.46. The number of aromatic amines is 1. The topological polar surface area (TPSA) is 105 Å². The lowest BCUT2D eigenvalue weighted by Gasteiger charge is -2.24. The summed E-state index contributed by atoms with van der Waals surface area (Å²) in [5.41, 5.74) is -0.278. The number of anilines is 2. The van der Waals surface area contributed by atoms with Crippen LogP contribution in [0.1, 0.15) is 0 Å². The summed E-state index contributed by atoms with van der Waals surface area (Å²) in [4.78, 5) is 16.2. The Morgan fingerprint density at radius 1 is 1.21 bits per heavy atom. The van der Waals surface area contributed by atoms with E-state index < -0.39 is 15.6 Å². The van der Waals surface area contributed by atoms with Crippen molar-refractivity contribution in [3.8, 4) is 5.75 Å². The van der Waals surface area contributed by atoms with E-state index in [0.29, 0.717) is 16.2 Å². The molecule has 0 fully saturated rings. The molecule has 2 heterocycles. The number of hydrogen-bond acceptors (Lipinski definition) is 7. The number of methoxy groups -OCH3 is 1. The molecule has 0 atom stereocenters. The van der Waals surface area contributed by atoms with E-state index in [-0.39, 0.29) is 21.1 Å². The van der Waals surface area contributed by atoms with Crippen LogP contribution in [0.2, 0.25) is 5.02 Å². The molecule has 0 saturated carbocycles. The number of fused-ring (bicyclic) bond motifs is 1. The Labute approximate surface area is 174 Å². The Kier molecular flexibility index (Phi) is 4.99. The van der Waals surface area contributed by atoms with Gasteiger partial charge >= 0.3 is 0 Å². The molecule has 0 aliphatic rings. The van der Waals surface area contributed by atoms with Crippen molar-refractivity contribution in [1.29, 1.82) is 0 Å².